The normalized spacial score (nSPS) is 10.9. The molecule has 2 aromatic rings. The number of carbonyl (C=O) groups excluding carboxylic acids is 1. The van der Waals surface area contributed by atoms with Gasteiger partial charge in [0, 0.05) is 11.1 Å². The molecule has 0 spiro atoms. The zero-order chi connectivity index (χ0) is 20.8. The molecule has 10 heteroatoms. The number of benzene rings is 2. The van der Waals surface area contributed by atoms with E-state index in [-0.39, 0.29) is 22.0 Å². The first-order valence-corrected chi connectivity index (χ1v) is 9.72. The van der Waals surface area contributed by atoms with Gasteiger partial charge in [-0.2, -0.15) is 5.26 Å². The maximum Gasteiger partial charge on any atom is 0.294 e. The third-order valence-corrected chi connectivity index (χ3v) is 4.80. The highest BCUT2D eigenvalue weighted by molar-refractivity contribution is 9.11. The van der Waals surface area contributed by atoms with E-state index in [0.717, 1.165) is 6.07 Å². The number of hydrogen-bond acceptors (Lipinski definition) is 5. The molecule has 7 nitrogen and oxygen atoms in total. The molecule has 28 heavy (non-hydrogen) atoms. The minimum absolute atomic E-state index is 0.0606. The number of halogens is 3. The van der Waals surface area contributed by atoms with Gasteiger partial charge in [-0.05, 0) is 74.7 Å². The van der Waals surface area contributed by atoms with E-state index in [1.807, 2.05) is 6.92 Å². The quantitative estimate of drug-likeness (QED) is 0.223. The molecule has 144 valence electrons. The first kappa shape index (κ1) is 21.9. The van der Waals surface area contributed by atoms with Crippen LogP contribution in [0.25, 0.3) is 6.08 Å². The number of amides is 1. The average Bonchev–Trinajstić information content (AvgIpc) is 2.63. The second-order valence-electron chi connectivity index (χ2n) is 5.29. The summed E-state index contributed by atoms with van der Waals surface area (Å²) in [5.41, 5.74) is -0.106. The topological polar surface area (TPSA) is 105 Å². The highest BCUT2D eigenvalue weighted by Gasteiger charge is 2.19. The highest BCUT2D eigenvalue weighted by atomic mass is 79.9. The van der Waals surface area contributed by atoms with Crippen molar-refractivity contribution in [1.82, 2.24) is 0 Å². The lowest BCUT2D eigenvalue weighted by Crippen LogP contribution is -2.14. The Morgan fingerprint density at radius 2 is 2.00 bits per heavy atom. The first-order valence-electron chi connectivity index (χ1n) is 7.75. The molecule has 1 N–H and O–H groups in total. The minimum Gasteiger partial charge on any atom is -0.492 e. The van der Waals surface area contributed by atoms with Crippen LogP contribution in [0.15, 0.2) is 44.9 Å². The van der Waals surface area contributed by atoms with Gasteiger partial charge < -0.3 is 10.1 Å². The Bertz CT molecular complexity index is 995. The van der Waals surface area contributed by atoms with Crippen LogP contribution in [0.1, 0.15) is 12.5 Å². The van der Waals surface area contributed by atoms with Gasteiger partial charge in [0.25, 0.3) is 11.6 Å². The molecule has 0 radical (unpaired) electrons. The smallest absolute Gasteiger partial charge is 0.294 e. The van der Waals surface area contributed by atoms with E-state index in [0.29, 0.717) is 26.9 Å². The van der Waals surface area contributed by atoms with Gasteiger partial charge in [-0.25, -0.2) is 0 Å². The Morgan fingerprint density at radius 1 is 1.36 bits per heavy atom. The number of ether oxygens (including phenoxy) is 1. The van der Waals surface area contributed by atoms with E-state index in [4.69, 9.17) is 16.3 Å². The Labute approximate surface area is 182 Å². The summed E-state index contributed by atoms with van der Waals surface area (Å²) >= 11 is 12.5. The minimum atomic E-state index is -0.783. The van der Waals surface area contributed by atoms with E-state index in [1.165, 1.54) is 18.2 Å². The summed E-state index contributed by atoms with van der Waals surface area (Å²) in [7, 11) is 0. The lowest BCUT2D eigenvalue weighted by atomic mass is 10.1. The molecule has 0 unspecified atom stereocenters. The predicted molar refractivity (Wildman–Crippen MR) is 113 cm³/mol. The van der Waals surface area contributed by atoms with Crippen molar-refractivity contribution in [1.29, 1.82) is 5.26 Å². The van der Waals surface area contributed by atoms with Crippen LogP contribution in [0.3, 0.4) is 0 Å². The maximum absolute atomic E-state index is 12.4. The fourth-order valence-electron chi connectivity index (χ4n) is 2.21. The molecule has 0 saturated heterocycles. The molecule has 0 bridgehead atoms. The molecule has 0 fully saturated rings. The molecule has 0 aromatic heterocycles. The Morgan fingerprint density at radius 3 is 2.54 bits per heavy atom. The summed E-state index contributed by atoms with van der Waals surface area (Å²) in [5.74, 6) is -0.187. The first-order chi connectivity index (χ1) is 13.3. The van der Waals surface area contributed by atoms with Gasteiger partial charge in [-0.1, -0.05) is 11.6 Å². The van der Waals surface area contributed by atoms with Gasteiger partial charge in [0.1, 0.15) is 23.1 Å². The number of carbonyl (C=O) groups is 1. The third-order valence-electron chi connectivity index (χ3n) is 3.39. The lowest BCUT2D eigenvalue weighted by molar-refractivity contribution is -0.383. The number of anilines is 1. The molecular formula is C18H12Br2ClN3O4. The molecule has 1 amide bonds. The molecule has 0 aliphatic carbocycles. The molecule has 2 rings (SSSR count). The van der Waals surface area contributed by atoms with Crippen molar-refractivity contribution in [2.75, 3.05) is 11.9 Å². The number of nitrogens with one attached hydrogen (secondary N) is 1. The van der Waals surface area contributed by atoms with Crippen molar-refractivity contribution in [3.63, 3.8) is 0 Å². The number of hydrogen-bond donors (Lipinski definition) is 1. The van der Waals surface area contributed by atoms with Gasteiger partial charge in [-0.3, -0.25) is 14.9 Å². The number of nitro benzene ring substituents is 1. The van der Waals surface area contributed by atoms with Crippen molar-refractivity contribution in [2.24, 2.45) is 0 Å². The Hall–Kier alpha value is -2.41. The Balaban J connectivity index is 2.35. The lowest BCUT2D eigenvalue weighted by Gasteiger charge is -2.10. The van der Waals surface area contributed by atoms with Crippen molar-refractivity contribution in [2.45, 2.75) is 6.92 Å². The predicted octanol–water partition coefficient (Wildman–Crippen LogP) is 5.72. The Kier molecular flexibility index (Phi) is 7.57. The van der Waals surface area contributed by atoms with Gasteiger partial charge >= 0.3 is 0 Å². The number of nitriles is 1. The van der Waals surface area contributed by atoms with Gasteiger partial charge in [0.15, 0.2) is 0 Å². The van der Waals surface area contributed by atoms with Crippen LogP contribution in [0.4, 0.5) is 11.4 Å². The van der Waals surface area contributed by atoms with E-state index in [2.05, 4.69) is 37.2 Å². The van der Waals surface area contributed by atoms with E-state index < -0.39 is 10.8 Å². The molecule has 0 aliphatic heterocycles. The van der Waals surface area contributed by atoms with Crippen LogP contribution < -0.4 is 10.1 Å². The van der Waals surface area contributed by atoms with E-state index in [9.17, 15) is 20.2 Å². The van der Waals surface area contributed by atoms with Crippen molar-refractivity contribution < 1.29 is 14.5 Å². The summed E-state index contributed by atoms with van der Waals surface area (Å²) in [5, 5.41) is 23.0. The number of nitro groups is 1. The molecule has 2 aromatic carbocycles. The van der Waals surface area contributed by atoms with Gasteiger partial charge in [0.05, 0.1) is 20.5 Å². The fourth-order valence-corrected chi connectivity index (χ4v) is 3.83. The van der Waals surface area contributed by atoms with Crippen molar-refractivity contribution >= 4 is 66.8 Å². The largest absolute Gasteiger partial charge is 0.492 e. The molecule has 0 saturated carbocycles. The second-order valence-corrected chi connectivity index (χ2v) is 7.43. The van der Waals surface area contributed by atoms with Crippen LogP contribution in [0.5, 0.6) is 5.75 Å². The SMILES string of the molecule is CCOc1c(Br)cc(C=C(C#N)C(=O)Nc2ccc(Cl)cc2[N+](=O)[O-])cc1Br. The zero-order valence-corrected chi connectivity index (χ0v) is 18.3. The summed E-state index contributed by atoms with van der Waals surface area (Å²) in [6.07, 6.45) is 1.36. The molecule has 0 aliphatic rings. The van der Waals surface area contributed by atoms with Crippen LogP contribution in [-0.4, -0.2) is 17.4 Å². The summed E-state index contributed by atoms with van der Waals surface area (Å²) in [6, 6.07) is 9.00. The molecule has 0 heterocycles. The van der Waals surface area contributed by atoms with E-state index in [1.54, 1.807) is 18.2 Å². The molecular weight excluding hydrogens is 517 g/mol. The van der Waals surface area contributed by atoms with Crippen molar-refractivity contribution in [3.8, 4) is 11.8 Å². The average molecular weight is 530 g/mol. The standard InChI is InChI=1S/C18H12Br2ClN3O4/c1-2-28-17-13(19)6-10(7-14(17)20)5-11(9-22)18(25)23-15-4-3-12(21)8-16(15)24(26)27/h3-8H,2H2,1H3,(H,23,25). The fraction of sp³-hybridized carbons (Fsp3) is 0.111. The highest BCUT2D eigenvalue weighted by Crippen LogP contribution is 2.35. The zero-order valence-electron chi connectivity index (χ0n) is 14.3. The summed E-state index contributed by atoms with van der Waals surface area (Å²) in [6.45, 7) is 2.32. The summed E-state index contributed by atoms with van der Waals surface area (Å²) in [4.78, 5) is 22.9. The second kappa shape index (κ2) is 9.68. The van der Waals surface area contributed by atoms with Crippen LogP contribution in [0.2, 0.25) is 5.02 Å². The van der Waals surface area contributed by atoms with E-state index >= 15 is 0 Å². The van der Waals surface area contributed by atoms with Crippen LogP contribution in [-0.2, 0) is 4.79 Å². The maximum atomic E-state index is 12.4. The third kappa shape index (κ3) is 5.32. The monoisotopic (exact) mass is 527 g/mol. The van der Waals surface area contributed by atoms with Crippen LogP contribution >= 0.6 is 43.5 Å². The van der Waals surface area contributed by atoms with Gasteiger partial charge in [0.2, 0.25) is 0 Å². The molecule has 0 atom stereocenters. The van der Waals surface area contributed by atoms with Crippen molar-refractivity contribution in [3.05, 3.63) is 65.6 Å². The summed E-state index contributed by atoms with van der Waals surface area (Å²) < 4.78 is 6.77. The number of rotatable bonds is 6. The van der Waals surface area contributed by atoms with Gasteiger partial charge in [-0.15, -0.1) is 0 Å². The van der Waals surface area contributed by atoms with Crippen LogP contribution in [0, 0.1) is 21.4 Å². The number of nitrogens with zero attached hydrogens (tertiary/aromatic N) is 2.